The van der Waals surface area contributed by atoms with Gasteiger partial charge in [0.1, 0.15) is 0 Å². The number of nitrogens with one attached hydrogen (secondary N) is 2. The predicted octanol–water partition coefficient (Wildman–Crippen LogP) is 1.44. The summed E-state index contributed by atoms with van der Waals surface area (Å²) in [6.45, 7) is 3.95. The van der Waals surface area contributed by atoms with Gasteiger partial charge in [-0.05, 0) is 43.6 Å². The third-order valence-corrected chi connectivity index (χ3v) is 3.33. The van der Waals surface area contributed by atoms with E-state index in [1.807, 2.05) is 18.2 Å². The molecule has 1 heterocycles. The monoisotopic (exact) mass is 271 g/mol. The average molecular weight is 271 g/mol. The van der Waals surface area contributed by atoms with E-state index in [0.717, 1.165) is 12.2 Å². The van der Waals surface area contributed by atoms with Crippen LogP contribution in [0.2, 0.25) is 0 Å². The molecule has 0 spiro atoms. The quantitative estimate of drug-likeness (QED) is 0.608. The Bertz CT molecular complexity index is 487. The van der Waals surface area contributed by atoms with Gasteiger partial charge in [-0.2, -0.15) is 0 Å². The van der Waals surface area contributed by atoms with E-state index >= 15 is 0 Å². The second-order valence-electron chi connectivity index (χ2n) is 5.04. The zero-order valence-electron chi connectivity index (χ0n) is 11.7. The standard InChI is InChI=1S/C16H21N3O/c1-2-8-17-12-16(20)18-15-7-5-6-14(11-15)13-19-9-3-4-10-19/h1,5-7,11,17H,3-4,8-10,12-13H2,(H,18,20). The maximum absolute atomic E-state index is 11.7. The molecule has 1 aromatic rings. The lowest BCUT2D eigenvalue weighted by Crippen LogP contribution is -2.28. The summed E-state index contributed by atoms with van der Waals surface area (Å²) in [6, 6.07) is 8.03. The smallest absolute Gasteiger partial charge is 0.238 e. The van der Waals surface area contributed by atoms with Crippen molar-refractivity contribution in [3.05, 3.63) is 29.8 Å². The van der Waals surface area contributed by atoms with Crippen molar-refractivity contribution in [1.29, 1.82) is 0 Å². The van der Waals surface area contributed by atoms with Gasteiger partial charge in [-0.1, -0.05) is 18.1 Å². The van der Waals surface area contributed by atoms with E-state index in [9.17, 15) is 4.79 Å². The molecular formula is C16H21N3O. The van der Waals surface area contributed by atoms with Crippen LogP contribution in [0.15, 0.2) is 24.3 Å². The van der Waals surface area contributed by atoms with Gasteiger partial charge in [0.05, 0.1) is 13.1 Å². The molecule has 2 rings (SSSR count). The first kappa shape index (κ1) is 14.6. The van der Waals surface area contributed by atoms with Crippen molar-refractivity contribution < 1.29 is 4.79 Å². The number of anilines is 1. The first-order chi connectivity index (χ1) is 9.78. The van der Waals surface area contributed by atoms with Crippen LogP contribution in [-0.4, -0.2) is 37.0 Å². The minimum atomic E-state index is -0.0708. The minimum Gasteiger partial charge on any atom is -0.325 e. The zero-order valence-corrected chi connectivity index (χ0v) is 11.7. The number of benzene rings is 1. The molecule has 0 saturated carbocycles. The van der Waals surface area contributed by atoms with Crippen molar-refractivity contribution >= 4 is 11.6 Å². The maximum Gasteiger partial charge on any atom is 0.238 e. The molecule has 4 heteroatoms. The summed E-state index contributed by atoms with van der Waals surface area (Å²) < 4.78 is 0. The number of carbonyl (C=O) groups excluding carboxylic acids is 1. The number of likely N-dealkylation sites (tertiary alicyclic amines) is 1. The molecule has 1 fully saturated rings. The average Bonchev–Trinajstić information content (AvgIpc) is 2.92. The summed E-state index contributed by atoms with van der Waals surface area (Å²) in [6.07, 6.45) is 7.69. The molecule has 1 aliphatic rings. The van der Waals surface area contributed by atoms with E-state index in [-0.39, 0.29) is 12.5 Å². The topological polar surface area (TPSA) is 44.4 Å². The van der Waals surface area contributed by atoms with Gasteiger partial charge < -0.3 is 5.32 Å². The van der Waals surface area contributed by atoms with Crippen LogP contribution >= 0.6 is 0 Å². The summed E-state index contributed by atoms with van der Waals surface area (Å²) in [4.78, 5) is 14.1. The third kappa shape index (κ3) is 4.69. The molecule has 1 aromatic carbocycles. The van der Waals surface area contributed by atoms with Crippen molar-refractivity contribution in [3.8, 4) is 12.3 Å². The van der Waals surface area contributed by atoms with E-state index in [1.165, 1.54) is 31.5 Å². The minimum absolute atomic E-state index is 0.0708. The number of terminal acetylenes is 1. The Balaban J connectivity index is 1.85. The number of nitrogens with zero attached hydrogens (tertiary/aromatic N) is 1. The van der Waals surface area contributed by atoms with Gasteiger partial charge in [0.2, 0.25) is 5.91 Å². The molecule has 0 bridgehead atoms. The van der Waals surface area contributed by atoms with Gasteiger partial charge >= 0.3 is 0 Å². The van der Waals surface area contributed by atoms with Crippen molar-refractivity contribution in [2.24, 2.45) is 0 Å². The van der Waals surface area contributed by atoms with E-state index in [4.69, 9.17) is 6.42 Å². The Kier molecular flexibility index (Phi) is 5.60. The number of hydrogen-bond donors (Lipinski definition) is 2. The molecule has 0 unspecified atom stereocenters. The lowest BCUT2D eigenvalue weighted by molar-refractivity contribution is -0.115. The number of amides is 1. The van der Waals surface area contributed by atoms with Gasteiger partial charge in [0, 0.05) is 12.2 Å². The van der Waals surface area contributed by atoms with Gasteiger partial charge in [0.25, 0.3) is 0 Å². The van der Waals surface area contributed by atoms with Crippen LogP contribution in [0.4, 0.5) is 5.69 Å². The number of rotatable bonds is 6. The lowest BCUT2D eigenvalue weighted by Gasteiger charge is -2.15. The highest BCUT2D eigenvalue weighted by molar-refractivity contribution is 5.92. The fourth-order valence-electron chi connectivity index (χ4n) is 2.40. The maximum atomic E-state index is 11.7. The summed E-state index contributed by atoms with van der Waals surface area (Å²) in [5.41, 5.74) is 2.08. The van der Waals surface area contributed by atoms with Gasteiger partial charge in [-0.3, -0.25) is 15.0 Å². The molecule has 1 aliphatic heterocycles. The zero-order chi connectivity index (χ0) is 14.2. The van der Waals surface area contributed by atoms with E-state index in [0.29, 0.717) is 6.54 Å². The second kappa shape index (κ2) is 7.68. The van der Waals surface area contributed by atoms with E-state index < -0.39 is 0 Å². The van der Waals surface area contributed by atoms with E-state index in [2.05, 4.69) is 27.5 Å². The Labute approximate surface area is 120 Å². The van der Waals surface area contributed by atoms with Crippen LogP contribution in [0, 0.1) is 12.3 Å². The van der Waals surface area contributed by atoms with Gasteiger partial charge in [-0.15, -0.1) is 6.42 Å². The van der Waals surface area contributed by atoms with Crippen LogP contribution in [0.1, 0.15) is 18.4 Å². The first-order valence-corrected chi connectivity index (χ1v) is 7.03. The van der Waals surface area contributed by atoms with Crippen LogP contribution in [0.3, 0.4) is 0 Å². The highest BCUT2D eigenvalue weighted by Gasteiger charge is 2.11. The molecule has 0 atom stereocenters. The Morgan fingerprint density at radius 3 is 2.90 bits per heavy atom. The van der Waals surface area contributed by atoms with Crippen LogP contribution in [0.25, 0.3) is 0 Å². The molecule has 20 heavy (non-hydrogen) atoms. The van der Waals surface area contributed by atoms with E-state index in [1.54, 1.807) is 0 Å². The van der Waals surface area contributed by atoms with Crippen LogP contribution in [0.5, 0.6) is 0 Å². The van der Waals surface area contributed by atoms with Crippen molar-refractivity contribution in [1.82, 2.24) is 10.2 Å². The highest BCUT2D eigenvalue weighted by atomic mass is 16.1. The Morgan fingerprint density at radius 1 is 1.35 bits per heavy atom. The lowest BCUT2D eigenvalue weighted by atomic mass is 10.2. The molecule has 1 saturated heterocycles. The van der Waals surface area contributed by atoms with Crippen molar-refractivity contribution in [2.45, 2.75) is 19.4 Å². The number of hydrogen-bond acceptors (Lipinski definition) is 3. The van der Waals surface area contributed by atoms with Crippen LogP contribution in [-0.2, 0) is 11.3 Å². The molecule has 1 amide bonds. The highest BCUT2D eigenvalue weighted by Crippen LogP contribution is 2.16. The van der Waals surface area contributed by atoms with Crippen molar-refractivity contribution in [3.63, 3.8) is 0 Å². The molecule has 2 N–H and O–H groups in total. The molecule has 0 aromatic heterocycles. The predicted molar refractivity (Wildman–Crippen MR) is 81.3 cm³/mol. The Hall–Kier alpha value is -1.83. The van der Waals surface area contributed by atoms with Crippen LogP contribution < -0.4 is 10.6 Å². The third-order valence-electron chi connectivity index (χ3n) is 3.33. The molecule has 0 radical (unpaired) electrons. The second-order valence-corrected chi connectivity index (χ2v) is 5.04. The Morgan fingerprint density at radius 2 is 2.15 bits per heavy atom. The van der Waals surface area contributed by atoms with Gasteiger partial charge in [0.15, 0.2) is 0 Å². The molecule has 106 valence electrons. The summed E-state index contributed by atoms with van der Waals surface area (Å²) in [5.74, 6) is 2.37. The van der Waals surface area contributed by atoms with Gasteiger partial charge in [-0.25, -0.2) is 0 Å². The molecule has 0 aliphatic carbocycles. The SMILES string of the molecule is C#CCNCC(=O)Nc1cccc(CN2CCCC2)c1. The fourth-order valence-corrected chi connectivity index (χ4v) is 2.40. The normalized spacial score (nSPS) is 14.9. The molecular weight excluding hydrogens is 250 g/mol. The summed E-state index contributed by atoms with van der Waals surface area (Å²) in [7, 11) is 0. The fraction of sp³-hybridized carbons (Fsp3) is 0.438. The summed E-state index contributed by atoms with van der Waals surface area (Å²) in [5, 5.41) is 5.75. The number of carbonyl (C=O) groups is 1. The molecule has 4 nitrogen and oxygen atoms in total. The summed E-state index contributed by atoms with van der Waals surface area (Å²) >= 11 is 0. The largest absolute Gasteiger partial charge is 0.325 e. The first-order valence-electron chi connectivity index (χ1n) is 7.03. The van der Waals surface area contributed by atoms with Crippen molar-refractivity contribution in [2.75, 3.05) is 31.5 Å².